The monoisotopic (exact) mass is 446 g/mol. The number of carbonyl (C=O) groups is 1. The second kappa shape index (κ2) is 8.23. The lowest BCUT2D eigenvalue weighted by Gasteiger charge is -2.16. The van der Waals surface area contributed by atoms with Crippen molar-refractivity contribution >= 4 is 11.7 Å². The SMILES string of the molecule is COc1cn(-c2ccc(N3CCNC3=O)cc2F)nc(-c2ccnn2-c2ccccc2)c1=O. The summed E-state index contributed by atoms with van der Waals surface area (Å²) in [6.07, 6.45) is 2.89. The molecular formula is C23H19FN6O3. The van der Waals surface area contributed by atoms with E-state index in [0.29, 0.717) is 24.5 Å². The quantitative estimate of drug-likeness (QED) is 0.509. The Balaban J connectivity index is 1.62. The molecule has 3 heterocycles. The van der Waals surface area contributed by atoms with E-state index in [1.165, 1.54) is 35.0 Å². The van der Waals surface area contributed by atoms with Gasteiger partial charge in [-0.3, -0.25) is 9.69 Å². The Morgan fingerprint density at radius 3 is 2.58 bits per heavy atom. The number of methoxy groups -OCH3 is 1. The summed E-state index contributed by atoms with van der Waals surface area (Å²) in [5.41, 5.74) is 1.32. The van der Waals surface area contributed by atoms with Crippen molar-refractivity contribution in [3.05, 3.63) is 83.0 Å². The minimum atomic E-state index is -0.604. The van der Waals surface area contributed by atoms with Crippen molar-refractivity contribution in [3.8, 4) is 28.5 Å². The van der Waals surface area contributed by atoms with Crippen LogP contribution in [-0.4, -0.2) is 45.8 Å². The van der Waals surface area contributed by atoms with Gasteiger partial charge in [0.25, 0.3) is 5.43 Å². The minimum Gasteiger partial charge on any atom is -0.491 e. The summed E-state index contributed by atoms with van der Waals surface area (Å²) in [5, 5.41) is 11.4. The number of hydrogen-bond donors (Lipinski definition) is 1. The molecule has 0 radical (unpaired) electrons. The fourth-order valence-corrected chi connectivity index (χ4v) is 3.73. The van der Waals surface area contributed by atoms with Crippen molar-refractivity contribution in [1.29, 1.82) is 0 Å². The second-order valence-corrected chi connectivity index (χ2v) is 7.30. The van der Waals surface area contributed by atoms with E-state index in [9.17, 15) is 9.59 Å². The van der Waals surface area contributed by atoms with E-state index in [0.717, 1.165) is 5.69 Å². The number of nitrogens with one attached hydrogen (secondary N) is 1. The molecule has 9 nitrogen and oxygen atoms in total. The van der Waals surface area contributed by atoms with Crippen molar-refractivity contribution in [2.24, 2.45) is 0 Å². The molecule has 1 aliphatic heterocycles. The van der Waals surface area contributed by atoms with Gasteiger partial charge in [0, 0.05) is 18.8 Å². The largest absolute Gasteiger partial charge is 0.491 e. The molecule has 166 valence electrons. The Morgan fingerprint density at radius 1 is 1.06 bits per heavy atom. The normalized spacial score (nSPS) is 13.3. The Kier molecular flexibility index (Phi) is 5.09. The number of benzene rings is 2. The van der Waals surface area contributed by atoms with Gasteiger partial charge in [-0.2, -0.15) is 10.2 Å². The summed E-state index contributed by atoms with van der Waals surface area (Å²) >= 11 is 0. The van der Waals surface area contributed by atoms with Crippen molar-refractivity contribution < 1.29 is 13.9 Å². The number of para-hydroxylation sites is 1. The number of urea groups is 1. The van der Waals surface area contributed by atoms with Gasteiger partial charge in [-0.1, -0.05) is 18.2 Å². The van der Waals surface area contributed by atoms with Gasteiger partial charge in [0.05, 0.1) is 30.9 Å². The maximum absolute atomic E-state index is 15.1. The van der Waals surface area contributed by atoms with Gasteiger partial charge in [-0.25, -0.2) is 18.5 Å². The van der Waals surface area contributed by atoms with Gasteiger partial charge < -0.3 is 10.1 Å². The van der Waals surface area contributed by atoms with E-state index in [2.05, 4.69) is 15.5 Å². The van der Waals surface area contributed by atoms with Crippen LogP contribution in [0.5, 0.6) is 5.75 Å². The summed E-state index contributed by atoms with van der Waals surface area (Å²) < 4.78 is 23.2. The summed E-state index contributed by atoms with van der Waals surface area (Å²) in [6, 6.07) is 15.1. The third-order valence-corrected chi connectivity index (χ3v) is 5.34. The molecule has 2 aromatic carbocycles. The maximum Gasteiger partial charge on any atom is 0.321 e. The predicted octanol–water partition coefficient (Wildman–Crippen LogP) is 2.76. The third kappa shape index (κ3) is 3.61. The van der Waals surface area contributed by atoms with Crippen LogP contribution in [0.25, 0.3) is 22.8 Å². The highest BCUT2D eigenvalue weighted by Gasteiger charge is 2.23. The minimum absolute atomic E-state index is 0.00297. The first-order valence-corrected chi connectivity index (χ1v) is 10.2. The van der Waals surface area contributed by atoms with Crippen LogP contribution in [0.1, 0.15) is 0 Å². The highest BCUT2D eigenvalue weighted by atomic mass is 19.1. The zero-order chi connectivity index (χ0) is 22.9. The summed E-state index contributed by atoms with van der Waals surface area (Å²) in [6.45, 7) is 0.953. The Labute approximate surface area is 187 Å². The molecule has 10 heteroatoms. The van der Waals surface area contributed by atoms with Gasteiger partial charge in [0.2, 0.25) is 0 Å². The fourth-order valence-electron chi connectivity index (χ4n) is 3.73. The predicted molar refractivity (Wildman–Crippen MR) is 120 cm³/mol. The first kappa shape index (κ1) is 20.4. The highest BCUT2D eigenvalue weighted by Crippen LogP contribution is 2.25. The molecule has 2 amide bonds. The van der Waals surface area contributed by atoms with Crippen LogP contribution in [0, 0.1) is 5.82 Å². The first-order chi connectivity index (χ1) is 16.1. The number of ether oxygens (including phenoxy) is 1. The van der Waals surface area contributed by atoms with Crippen molar-refractivity contribution in [2.45, 2.75) is 0 Å². The Hall–Kier alpha value is -4.47. The van der Waals surface area contributed by atoms with Crippen LogP contribution in [0.3, 0.4) is 0 Å². The number of halogens is 1. The van der Waals surface area contributed by atoms with E-state index in [4.69, 9.17) is 4.74 Å². The Morgan fingerprint density at radius 2 is 1.88 bits per heavy atom. The number of aromatic nitrogens is 4. The molecule has 2 aromatic heterocycles. The zero-order valence-corrected chi connectivity index (χ0v) is 17.6. The topological polar surface area (TPSA) is 94.3 Å². The molecule has 1 N–H and O–H groups in total. The number of anilines is 1. The second-order valence-electron chi connectivity index (χ2n) is 7.30. The maximum atomic E-state index is 15.1. The van der Waals surface area contributed by atoms with Crippen molar-refractivity contribution in [1.82, 2.24) is 24.9 Å². The molecule has 0 atom stereocenters. The molecule has 5 rings (SSSR count). The van der Waals surface area contributed by atoms with Crippen LogP contribution in [0.2, 0.25) is 0 Å². The van der Waals surface area contributed by atoms with Crippen molar-refractivity contribution in [2.75, 3.05) is 25.1 Å². The lowest BCUT2D eigenvalue weighted by Crippen LogP contribution is -2.27. The molecule has 1 aliphatic rings. The van der Waals surface area contributed by atoms with E-state index < -0.39 is 11.2 Å². The van der Waals surface area contributed by atoms with Gasteiger partial charge in [-0.05, 0) is 36.4 Å². The van der Waals surface area contributed by atoms with Crippen LogP contribution in [0.4, 0.5) is 14.9 Å². The summed E-state index contributed by atoms with van der Waals surface area (Å²) in [7, 11) is 1.37. The number of carbonyl (C=O) groups excluding carboxylic acids is 1. The fraction of sp³-hybridized carbons (Fsp3) is 0.130. The van der Waals surface area contributed by atoms with E-state index in [1.807, 2.05) is 30.3 Å². The number of rotatable bonds is 5. The van der Waals surface area contributed by atoms with Crippen molar-refractivity contribution in [3.63, 3.8) is 0 Å². The molecule has 33 heavy (non-hydrogen) atoms. The van der Waals surface area contributed by atoms with Crippen LogP contribution >= 0.6 is 0 Å². The lowest BCUT2D eigenvalue weighted by molar-refractivity contribution is 0.252. The lowest BCUT2D eigenvalue weighted by atomic mass is 10.2. The van der Waals surface area contributed by atoms with E-state index >= 15 is 4.39 Å². The smallest absolute Gasteiger partial charge is 0.321 e. The number of hydrogen-bond acceptors (Lipinski definition) is 5. The number of amides is 2. The molecule has 0 saturated carbocycles. The first-order valence-electron chi connectivity index (χ1n) is 10.2. The standard InChI is InChI=1S/C23H19FN6O3/c1-33-20-14-29(18-8-7-16(13-17(18)24)28-12-11-25-23(28)32)27-21(22(20)31)19-9-10-26-30(19)15-5-3-2-4-6-15/h2-10,13-14H,11-12H2,1H3,(H,25,32). The van der Waals surface area contributed by atoms with Gasteiger partial charge in [0.1, 0.15) is 5.69 Å². The molecule has 1 fully saturated rings. The molecule has 4 aromatic rings. The molecule has 1 saturated heterocycles. The summed E-state index contributed by atoms with van der Waals surface area (Å²) in [4.78, 5) is 26.4. The number of nitrogens with zero attached hydrogens (tertiary/aromatic N) is 5. The summed E-state index contributed by atoms with van der Waals surface area (Å²) in [5.74, 6) is -0.601. The van der Waals surface area contributed by atoms with Crippen LogP contribution in [0.15, 0.2) is 71.8 Å². The zero-order valence-electron chi connectivity index (χ0n) is 17.6. The third-order valence-electron chi connectivity index (χ3n) is 5.34. The highest BCUT2D eigenvalue weighted by molar-refractivity contribution is 5.94. The van der Waals surface area contributed by atoms with Gasteiger partial charge in [0.15, 0.2) is 17.3 Å². The van der Waals surface area contributed by atoms with Gasteiger partial charge in [-0.15, -0.1) is 0 Å². The molecular weight excluding hydrogens is 427 g/mol. The average Bonchev–Trinajstić information content (AvgIpc) is 3.49. The Bertz CT molecular complexity index is 1400. The average molecular weight is 446 g/mol. The van der Waals surface area contributed by atoms with Crippen LogP contribution in [-0.2, 0) is 0 Å². The molecule has 0 aliphatic carbocycles. The molecule has 0 bridgehead atoms. The van der Waals surface area contributed by atoms with E-state index in [-0.39, 0.29) is 23.2 Å². The van der Waals surface area contributed by atoms with Crippen LogP contribution < -0.4 is 20.4 Å². The van der Waals surface area contributed by atoms with Gasteiger partial charge >= 0.3 is 6.03 Å². The molecule has 0 unspecified atom stereocenters. The molecule has 0 spiro atoms. The van der Waals surface area contributed by atoms with E-state index in [1.54, 1.807) is 23.0 Å².